The molecule has 90 valence electrons. The second kappa shape index (κ2) is 5.72. The summed E-state index contributed by atoms with van der Waals surface area (Å²) in [6, 6.07) is 9.30. The molecule has 0 saturated heterocycles. The molecule has 5 heteroatoms. The van der Waals surface area contributed by atoms with E-state index >= 15 is 0 Å². The molecule has 0 spiro atoms. The summed E-state index contributed by atoms with van der Waals surface area (Å²) in [5, 5.41) is 3.44. The molecule has 1 aromatic rings. The molecular weight excluding hydrogens is 236 g/mol. The quantitative estimate of drug-likeness (QED) is 0.888. The van der Waals surface area contributed by atoms with Crippen LogP contribution < -0.4 is 10.1 Å². The van der Waals surface area contributed by atoms with Gasteiger partial charge in [0.15, 0.2) is 11.3 Å². The number of rotatable bonds is 3. The molecular formula is C12H14N2O2S. The van der Waals surface area contributed by atoms with E-state index in [4.69, 9.17) is 4.74 Å². The molecule has 0 aliphatic carbocycles. The zero-order valence-electron chi connectivity index (χ0n) is 9.55. The van der Waals surface area contributed by atoms with Crippen molar-refractivity contribution in [3.63, 3.8) is 0 Å². The molecule has 1 heterocycles. The topological polar surface area (TPSA) is 50.7 Å². The average molecular weight is 250 g/mol. The van der Waals surface area contributed by atoms with Crippen molar-refractivity contribution in [2.24, 2.45) is 4.99 Å². The maximum absolute atomic E-state index is 11.8. The van der Waals surface area contributed by atoms with Crippen LogP contribution >= 0.6 is 11.8 Å². The number of carbonyl (C=O) groups excluding carboxylic acids is 1. The number of hydrogen-bond acceptors (Lipinski definition) is 4. The van der Waals surface area contributed by atoms with Crippen molar-refractivity contribution in [1.29, 1.82) is 0 Å². The molecule has 0 aromatic heterocycles. The van der Waals surface area contributed by atoms with Gasteiger partial charge in [0.25, 0.3) is 5.91 Å². The molecule has 0 unspecified atom stereocenters. The average Bonchev–Trinajstić information content (AvgIpc) is 2.83. The monoisotopic (exact) mass is 250 g/mol. The van der Waals surface area contributed by atoms with Gasteiger partial charge in [-0.1, -0.05) is 30.0 Å². The number of amides is 1. The predicted molar refractivity (Wildman–Crippen MR) is 69.4 cm³/mol. The van der Waals surface area contributed by atoms with Crippen molar-refractivity contribution in [1.82, 2.24) is 5.32 Å². The number of para-hydroxylation sites is 1. The van der Waals surface area contributed by atoms with Crippen molar-refractivity contribution in [2.45, 2.75) is 13.0 Å². The van der Waals surface area contributed by atoms with E-state index in [1.54, 1.807) is 18.7 Å². The highest BCUT2D eigenvalue weighted by Crippen LogP contribution is 2.12. The first-order chi connectivity index (χ1) is 8.25. The lowest BCUT2D eigenvalue weighted by atomic mass is 10.3. The lowest BCUT2D eigenvalue weighted by Crippen LogP contribution is -2.38. The first-order valence-electron chi connectivity index (χ1n) is 5.45. The van der Waals surface area contributed by atoms with Gasteiger partial charge in [-0.25, -0.2) is 0 Å². The highest BCUT2D eigenvalue weighted by molar-refractivity contribution is 8.14. The first-order valence-corrected chi connectivity index (χ1v) is 6.44. The van der Waals surface area contributed by atoms with Crippen LogP contribution in [0.1, 0.15) is 6.92 Å². The SMILES string of the molecule is C[C@H](Oc1ccccc1)C(=O)NC1=NCCS1. The van der Waals surface area contributed by atoms with Crippen LogP contribution in [-0.4, -0.2) is 29.5 Å². The Morgan fingerprint density at radius 3 is 2.88 bits per heavy atom. The van der Waals surface area contributed by atoms with Crippen molar-refractivity contribution < 1.29 is 9.53 Å². The van der Waals surface area contributed by atoms with Crippen LogP contribution in [-0.2, 0) is 4.79 Å². The van der Waals surface area contributed by atoms with Gasteiger partial charge in [-0.2, -0.15) is 0 Å². The van der Waals surface area contributed by atoms with Gasteiger partial charge in [0.05, 0.1) is 6.54 Å². The van der Waals surface area contributed by atoms with Crippen LogP contribution in [0.5, 0.6) is 5.75 Å². The van der Waals surface area contributed by atoms with Crippen LogP contribution in [0.4, 0.5) is 0 Å². The van der Waals surface area contributed by atoms with Crippen molar-refractivity contribution in [3.05, 3.63) is 30.3 Å². The lowest BCUT2D eigenvalue weighted by Gasteiger charge is -2.14. The summed E-state index contributed by atoms with van der Waals surface area (Å²) in [5.41, 5.74) is 0. The zero-order chi connectivity index (χ0) is 12.1. The summed E-state index contributed by atoms with van der Waals surface area (Å²) in [4.78, 5) is 15.9. The molecule has 1 atom stereocenters. The van der Waals surface area contributed by atoms with Crippen LogP contribution in [0.2, 0.25) is 0 Å². The van der Waals surface area contributed by atoms with E-state index in [0.717, 1.165) is 12.3 Å². The van der Waals surface area contributed by atoms with Gasteiger partial charge < -0.3 is 10.1 Å². The molecule has 17 heavy (non-hydrogen) atoms. The van der Waals surface area contributed by atoms with E-state index in [9.17, 15) is 4.79 Å². The predicted octanol–water partition coefficient (Wildman–Crippen LogP) is 1.67. The number of carbonyl (C=O) groups is 1. The fourth-order valence-electron chi connectivity index (χ4n) is 1.37. The molecule has 2 rings (SSSR count). The highest BCUT2D eigenvalue weighted by Gasteiger charge is 2.18. The fraction of sp³-hybridized carbons (Fsp3) is 0.333. The Labute approximate surface area is 104 Å². The van der Waals surface area contributed by atoms with Crippen molar-refractivity contribution in [3.8, 4) is 5.75 Å². The Morgan fingerprint density at radius 2 is 2.24 bits per heavy atom. The van der Waals surface area contributed by atoms with Gasteiger partial charge in [-0.15, -0.1) is 0 Å². The summed E-state index contributed by atoms with van der Waals surface area (Å²) in [5.74, 6) is 1.46. The maximum Gasteiger partial charge on any atom is 0.266 e. The van der Waals surface area contributed by atoms with Gasteiger partial charge in [0, 0.05) is 5.75 Å². The Kier molecular flexibility index (Phi) is 4.03. The van der Waals surface area contributed by atoms with Gasteiger partial charge in [-0.05, 0) is 19.1 Å². The standard InChI is InChI=1S/C12H14N2O2S/c1-9(16-10-5-3-2-4-6-10)11(15)14-12-13-7-8-17-12/h2-6,9H,7-8H2,1H3,(H,13,14,15)/t9-/m0/s1. The van der Waals surface area contributed by atoms with Gasteiger partial charge in [0.2, 0.25) is 0 Å². The minimum atomic E-state index is -0.527. The molecule has 0 bridgehead atoms. The molecule has 0 saturated carbocycles. The minimum absolute atomic E-state index is 0.165. The lowest BCUT2D eigenvalue weighted by molar-refractivity contribution is -0.125. The van der Waals surface area contributed by atoms with Crippen LogP contribution in [0.25, 0.3) is 0 Å². The molecule has 1 aliphatic rings. The van der Waals surface area contributed by atoms with Crippen LogP contribution in [0, 0.1) is 0 Å². The molecule has 1 aromatic carbocycles. The van der Waals surface area contributed by atoms with Crippen LogP contribution in [0.15, 0.2) is 35.3 Å². The third kappa shape index (κ3) is 3.49. The molecule has 0 fully saturated rings. The Hall–Kier alpha value is -1.49. The van der Waals surface area contributed by atoms with E-state index in [1.165, 1.54) is 0 Å². The van der Waals surface area contributed by atoms with E-state index in [-0.39, 0.29) is 5.91 Å². The second-order valence-electron chi connectivity index (χ2n) is 3.60. The minimum Gasteiger partial charge on any atom is -0.481 e. The molecule has 1 aliphatic heterocycles. The molecule has 4 nitrogen and oxygen atoms in total. The van der Waals surface area contributed by atoms with E-state index in [0.29, 0.717) is 10.9 Å². The number of nitrogens with zero attached hydrogens (tertiary/aromatic N) is 1. The normalized spacial score (nSPS) is 16.2. The summed E-state index contributed by atoms with van der Waals surface area (Å²) < 4.78 is 5.51. The Bertz CT molecular complexity index is 420. The summed E-state index contributed by atoms with van der Waals surface area (Å²) in [6.07, 6.45) is -0.527. The number of amidine groups is 1. The number of aliphatic imine (C=N–C) groups is 1. The Morgan fingerprint density at radius 1 is 1.47 bits per heavy atom. The third-order valence-electron chi connectivity index (χ3n) is 2.24. The fourth-order valence-corrected chi connectivity index (χ4v) is 2.11. The molecule has 1 N–H and O–H groups in total. The number of nitrogens with one attached hydrogen (secondary N) is 1. The van der Waals surface area contributed by atoms with Gasteiger partial charge >= 0.3 is 0 Å². The molecule has 1 amide bonds. The Balaban J connectivity index is 1.87. The number of thioether (sulfide) groups is 1. The van der Waals surface area contributed by atoms with E-state index in [1.807, 2.05) is 30.3 Å². The number of ether oxygens (including phenoxy) is 1. The van der Waals surface area contributed by atoms with Gasteiger partial charge in [-0.3, -0.25) is 9.79 Å². The third-order valence-corrected chi connectivity index (χ3v) is 3.13. The smallest absolute Gasteiger partial charge is 0.266 e. The number of benzene rings is 1. The summed E-state index contributed by atoms with van der Waals surface area (Å²) in [6.45, 7) is 2.50. The van der Waals surface area contributed by atoms with E-state index in [2.05, 4.69) is 10.3 Å². The number of hydrogen-bond donors (Lipinski definition) is 1. The van der Waals surface area contributed by atoms with Crippen molar-refractivity contribution >= 4 is 22.8 Å². The maximum atomic E-state index is 11.8. The summed E-state index contributed by atoms with van der Waals surface area (Å²) in [7, 11) is 0. The molecule has 0 radical (unpaired) electrons. The zero-order valence-corrected chi connectivity index (χ0v) is 10.4. The van der Waals surface area contributed by atoms with Crippen LogP contribution in [0.3, 0.4) is 0 Å². The van der Waals surface area contributed by atoms with Gasteiger partial charge in [0.1, 0.15) is 5.75 Å². The van der Waals surface area contributed by atoms with E-state index < -0.39 is 6.10 Å². The highest BCUT2D eigenvalue weighted by atomic mass is 32.2. The van der Waals surface area contributed by atoms with Crippen molar-refractivity contribution in [2.75, 3.05) is 12.3 Å². The second-order valence-corrected chi connectivity index (χ2v) is 4.68. The summed E-state index contributed by atoms with van der Waals surface area (Å²) >= 11 is 1.56. The largest absolute Gasteiger partial charge is 0.481 e. The first kappa shape index (κ1) is 12.0.